The van der Waals surface area contributed by atoms with E-state index in [-0.39, 0.29) is 0 Å². The van der Waals surface area contributed by atoms with E-state index in [1.165, 1.54) is 12.4 Å². The maximum absolute atomic E-state index is 14.0. The number of hydrogen-bond donors (Lipinski definition) is 0. The Morgan fingerprint density at radius 3 is 2.52 bits per heavy atom. The largest absolute Gasteiger partial charge is 0.416 e. The molecule has 0 saturated carbocycles. The predicted molar refractivity (Wildman–Crippen MR) is 77.5 cm³/mol. The van der Waals surface area contributed by atoms with Gasteiger partial charge >= 0.3 is 6.18 Å². The molecule has 5 nitrogen and oxygen atoms in total. The van der Waals surface area contributed by atoms with E-state index in [1.807, 2.05) is 0 Å². The Morgan fingerprint density at radius 2 is 2.00 bits per heavy atom. The van der Waals surface area contributed by atoms with Crippen molar-refractivity contribution in [2.75, 3.05) is 4.90 Å². The van der Waals surface area contributed by atoms with Crippen molar-refractivity contribution in [1.29, 1.82) is 0 Å². The average Bonchev–Trinajstić information content (AvgIpc) is 2.41. The highest BCUT2D eigenvalue weighted by Gasteiger charge is 2.39. The predicted octanol–water partition coefficient (Wildman–Crippen LogP) is 4.62. The van der Waals surface area contributed by atoms with Gasteiger partial charge < -0.3 is 0 Å². The van der Waals surface area contributed by atoms with Gasteiger partial charge in [-0.25, -0.2) is 4.99 Å². The van der Waals surface area contributed by atoms with E-state index in [4.69, 9.17) is 11.6 Å². The van der Waals surface area contributed by atoms with Crippen LogP contribution in [0.3, 0.4) is 0 Å². The Labute approximate surface area is 133 Å². The highest BCUT2D eigenvalue weighted by molar-refractivity contribution is 6.34. The van der Waals surface area contributed by atoms with E-state index in [0.29, 0.717) is 11.6 Å². The first-order chi connectivity index (χ1) is 10.5. The van der Waals surface area contributed by atoms with Gasteiger partial charge in [0, 0.05) is 18.0 Å². The summed E-state index contributed by atoms with van der Waals surface area (Å²) in [7, 11) is 0. The van der Waals surface area contributed by atoms with Crippen LogP contribution >= 0.6 is 11.6 Å². The molecular weight excluding hydrogens is 342 g/mol. The number of nitrogens with zero attached hydrogens (tertiary/aromatic N) is 3. The number of nitro benzene ring substituents is 1. The number of alkyl halides is 4. The van der Waals surface area contributed by atoms with Crippen molar-refractivity contribution >= 4 is 29.2 Å². The number of anilines is 1. The second-order valence-electron chi connectivity index (χ2n) is 4.85. The Hall–Kier alpha value is -2.16. The minimum absolute atomic E-state index is 0.460. The van der Waals surface area contributed by atoms with Crippen LogP contribution in [0.4, 0.5) is 28.9 Å². The Morgan fingerprint density at radius 1 is 1.39 bits per heavy atom. The van der Waals surface area contributed by atoms with Gasteiger partial charge in [-0.2, -0.15) is 17.6 Å². The molecule has 1 atom stereocenters. The normalized spacial score (nSPS) is 18.1. The summed E-state index contributed by atoms with van der Waals surface area (Å²) in [5.41, 5.74) is -2.80. The summed E-state index contributed by atoms with van der Waals surface area (Å²) in [6.07, 6.45) is -4.44. The second-order valence-corrected chi connectivity index (χ2v) is 5.26. The lowest BCUT2D eigenvalue weighted by molar-refractivity contribution is -0.384. The van der Waals surface area contributed by atoms with Crippen LogP contribution in [0.25, 0.3) is 0 Å². The van der Waals surface area contributed by atoms with Crippen LogP contribution in [0.1, 0.15) is 18.1 Å². The van der Waals surface area contributed by atoms with Gasteiger partial charge in [0.05, 0.1) is 15.5 Å². The molecule has 1 aliphatic heterocycles. The van der Waals surface area contributed by atoms with Gasteiger partial charge in [-0.05, 0) is 25.5 Å². The highest BCUT2D eigenvalue weighted by atomic mass is 35.5. The zero-order valence-electron chi connectivity index (χ0n) is 11.9. The molecule has 1 heterocycles. The molecule has 1 aliphatic rings. The maximum Gasteiger partial charge on any atom is 0.416 e. The minimum Gasteiger partial charge on any atom is -0.292 e. The third-order valence-corrected chi connectivity index (χ3v) is 3.49. The van der Waals surface area contributed by atoms with E-state index in [0.717, 1.165) is 11.8 Å². The molecular formula is C13H10ClF4N3O2. The van der Waals surface area contributed by atoms with E-state index in [2.05, 4.69) is 4.99 Å². The average molecular weight is 352 g/mol. The van der Waals surface area contributed by atoms with Crippen LogP contribution in [0, 0.1) is 17.0 Å². The topological polar surface area (TPSA) is 58.7 Å². The lowest BCUT2D eigenvalue weighted by atomic mass is 10.0. The molecule has 0 bridgehead atoms. The molecule has 1 aromatic carbocycles. The summed E-state index contributed by atoms with van der Waals surface area (Å²) in [4.78, 5) is 14.5. The van der Waals surface area contributed by atoms with E-state index in [9.17, 15) is 27.7 Å². The maximum atomic E-state index is 14.0. The van der Waals surface area contributed by atoms with Gasteiger partial charge in [0.1, 0.15) is 5.69 Å². The summed E-state index contributed by atoms with van der Waals surface area (Å²) >= 11 is 5.81. The molecule has 1 unspecified atom stereocenters. The summed E-state index contributed by atoms with van der Waals surface area (Å²) in [5.74, 6) is 0. The zero-order chi connectivity index (χ0) is 17.5. The van der Waals surface area contributed by atoms with Crippen molar-refractivity contribution < 1.29 is 22.5 Å². The second kappa shape index (κ2) is 5.80. The fourth-order valence-electron chi connectivity index (χ4n) is 2.22. The van der Waals surface area contributed by atoms with E-state index < -0.39 is 45.0 Å². The quantitative estimate of drug-likeness (QED) is 0.338. The molecule has 1 aromatic rings. The molecule has 0 amide bonds. The van der Waals surface area contributed by atoms with Crippen LogP contribution in [0.15, 0.2) is 22.8 Å². The van der Waals surface area contributed by atoms with Crippen LogP contribution in [0.2, 0.25) is 5.02 Å². The van der Waals surface area contributed by atoms with Crippen LogP contribution in [-0.4, -0.2) is 17.6 Å². The lowest BCUT2D eigenvalue weighted by Crippen LogP contribution is -2.29. The van der Waals surface area contributed by atoms with Crippen molar-refractivity contribution in [2.24, 2.45) is 4.99 Å². The van der Waals surface area contributed by atoms with Gasteiger partial charge in [0.15, 0.2) is 0 Å². The fraction of sp³-hybridized carbons (Fsp3) is 0.308. The Balaban J connectivity index is 2.77. The lowest BCUT2D eigenvalue weighted by Gasteiger charge is -2.27. The van der Waals surface area contributed by atoms with Gasteiger partial charge in [-0.15, -0.1) is 0 Å². The molecule has 124 valence electrons. The summed E-state index contributed by atoms with van der Waals surface area (Å²) < 4.78 is 52.9. The number of hydrogen-bond acceptors (Lipinski definition) is 4. The first kappa shape index (κ1) is 17.2. The first-order valence-corrected chi connectivity index (χ1v) is 6.60. The molecule has 0 N–H and O–H groups in total. The van der Waals surface area contributed by atoms with Crippen molar-refractivity contribution in [3.63, 3.8) is 0 Å². The molecule has 0 spiro atoms. The molecule has 0 radical (unpaired) electrons. The highest BCUT2D eigenvalue weighted by Crippen LogP contribution is 2.46. The smallest absolute Gasteiger partial charge is 0.292 e. The zero-order valence-corrected chi connectivity index (χ0v) is 12.6. The van der Waals surface area contributed by atoms with Gasteiger partial charge in [0.2, 0.25) is 0 Å². The van der Waals surface area contributed by atoms with Crippen molar-refractivity contribution in [2.45, 2.75) is 26.4 Å². The fourth-order valence-corrected chi connectivity index (χ4v) is 2.52. The molecule has 10 heteroatoms. The summed E-state index contributed by atoms with van der Waals surface area (Å²) in [6.45, 7) is 2.50. The third kappa shape index (κ3) is 3.14. The van der Waals surface area contributed by atoms with Crippen LogP contribution < -0.4 is 4.90 Å². The van der Waals surface area contributed by atoms with Crippen molar-refractivity contribution in [3.05, 3.63) is 44.1 Å². The number of aliphatic imine (C=N–C) groups is 1. The number of rotatable bonds is 2. The van der Waals surface area contributed by atoms with Crippen LogP contribution in [-0.2, 0) is 6.18 Å². The number of allylic oxidation sites excluding steroid dienone is 1. The molecule has 0 saturated heterocycles. The van der Waals surface area contributed by atoms with Gasteiger partial charge in [-0.3, -0.25) is 15.0 Å². The van der Waals surface area contributed by atoms with Crippen molar-refractivity contribution in [1.82, 2.24) is 0 Å². The summed E-state index contributed by atoms with van der Waals surface area (Å²) in [6, 6.07) is 0.549. The Kier molecular flexibility index (Phi) is 4.34. The summed E-state index contributed by atoms with van der Waals surface area (Å²) in [5, 5.41) is 10.7. The van der Waals surface area contributed by atoms with E-state index >= 15 is 0 Å². The number of halogens is 5. The van der Waals surface area contributed by atoms with Gasteiger partial charge in [-0.1, -0.05) is 11.6 Å². The monoisotopic (exact) mass is 351 g/mol. The SMILES string of the molecule is CC1=CN(c2c(Cl)cc(C(F)(F)F)c(C)c2[N+](=O)[O-])C(F)N=C1. The molecule has 23 heavy (non-hydrogen) atoms. The van der Waals surface area contributed by atoms with E-state index in [1.54, 1.807) is 6.92 Å². The number of nitro groups is 1. The Bertz CT molecular complexity index is 731. The first-order valence-electron chi connectivity index (χ1n) is 6.22. The molecule has 0 aliphatic carbocycles. The number of benzene rings is 1. The standard InChI is InChI=1S/C13H10ClF4N3O2/c1-6-4-19-12(15)20(5-6)11-9(14)3-8(13(16,17)18)7(2)10(11)21(22)23/h3-5,12H,1-2H3. The molecule has 0 aromatic heterocycles. The van der Waals surface area contributed by atoms with Crippen LogP contribution in [0.5, 0.6) is 0 Å². The molecule has 2 rings (SSSR count). The van der Waals surface area contributed by atoms with Gasteiger partial charge in [0.25, 0.3) is 12.1 Å². The van der Waals surface area contributed by atoms with Crippen molar-refractivity contribution in [3.8, 4) is 0 Å². The minimum atomic E-state index is -4.82. The molecule has 0 fully saturated rings. The third-order valence-electron chi connectivity index (χ3n) is 3.20.